The molecule has 0 aliphatic carbocycles. The largest absolute Gasteiger partial charge is 0.305 e. The molecule has 5 nitrogen and oxygen atoms in total. The van der Waals surface area contributed by atoms with E-state index >= 15 is 0 Å². The third kappa shape index (κ3) is 2.93. The Hall–Kier alpha value is -3.99. The fourth-order valence-corrected chi connectivity index (χ4v) is 3.61. The quantitative estimate of drug-likeness (QED) is 0.466. The first kappa shape index (κ1) is 17.1. The van der Waals surface area contributed by atoms with Crippen molar-refractivity contribution < 1.29 is 0 Å². The lowest BCUT2D eigenvalue weighted by Crippen LogP contribution is -2.15. The summed E-state index contributed by atoms with van der Waals surface area (Å²) in [6, 6.07) is 23.2. The number of fused-ring (bicyclic) bond motifs is 3. The molecule has 0 saturated heterocycles. The molecule has 3 aromatic heterocycles. The minimum Gasteiger partial charge on any atom is -0.305 e. The number of aromatic nitrogens is 4. The summed E-state index contributed by atoms with van der Waals surface area (Å²) in [5.74, 6) is 0.604. The highest BCUT2D eigenvalue weighted by Crippen LogP contribution is 2.22. The molecule has 5 heteroatoms. The van der Waals surface area contributed by atoms with Gasteiger partial charge in [-0.25, -0.2) is 9.38 Å². The Labute approximate surface area is 167 Å². The van der Waals surface area contributed by atoms with E-state index < -0.39 is 0 Å². The van der Waals surface area contributed by atoms with E-state index in [2.05, 4.69) is 28.3 Å². The molecule has 0 saturated carbocycles. The second-order valence-electron chi connectivity index (χ2n) is 6.85. The summed E-state index contributed by atoms with van der Waals surface area (Å²) in [5, 5.41) is 0. The Morgan fingerprint density at radius 2 is 1.66 bits per heavy atom. The third-order valence-corrected chi connectivity index (χ3v) is 5.04. The van der Waals surface area contributed by atoms with Crippen LogP contribution >= 0.6 is 0 Å². The number of para-hydroxylation sites is 2. The molecule has 0 N–H and O–H groups in total. The first-order valence-corrected chi connectivity index (χ1v) is 9.38. The van der Waals surface area contributed by atoms with Crippen LogP contribution in [0.25, 0.3) is 34.3 Å². The van der Waals surface area contributed by atoms with Crippen molar-refractivity contribution in [2.45, 2.75) is 6.54 Å². The normalized spacial score (nSPS) is 11.2. The molecule has 0 amide bonds. The Bertz CT molecular complexity index is 1400. The maximum atomic E-state index is 13.0. The molecule has 29 heavy (non-hydrogen) atoms. The number of benzene rings is 2. The Morgan fingerprint density at radius 3 is 2.38 bits per heavy atom. The van der Waals surface area contributed by atoms with E-state index in [0.29, 0.717) is 23.7 Å². The van der Waals surface area contributed by atoms with Crippen molar-refractivity contribution >= 4 is 22.9 Å². The zero-order valence-electron chi connectivity index (χ0n) is 15.7. The molecule has 0 aliphatic heterocycles. The second-order valence-corrected chi connectivity index (χ2v) is 6.85. The maximum Gasteiger partial charge on any atom is 0.260 e. The van der Waals surface area contributed by atoms with Crippen LogP contribution in [0.4, 0.5) is 0 Å². The van der Waals surface area contributed by atoms with Gasteiger partial charge in [-0.05, 0) is 35.4 Å². The van der Waals surface area contributed by atoms with Gasteiger partial charge in [0.2, 0.25) is 5.78 Å². The van der Waals surface area contributed by atoms with Crippen molar-refractivity contribution in [2.24, 2.45) is 0 Å². The van der Waals surface area contributed by atoms with Crippen molar-refractivity contribution in [3.8, 4) is 11.4 Å². The standard InChI is InChI=1S/C24H18N4O/c1-2-17-10-12-18(13-11-17)16-27-21-8-3-4-9-22(21)28-23(29)15-20(26-24(27)28)19-7-5-6-14-25-19/h2-15H,1,16H2. The fourth-order valence-electron chi connectivity index (χ4n) is 3.61. The van der Waals surface area contributed by atoms with Crippen LogP contribution in [-0.4, -0.2) is 18.9 Å². The molecule has 0 fully saturated rings. The van der Waals surface area contributed by atoms with Gasteiger partial charge in [-0.3, -0.25) is 9.78 Å². The Balaban J connectivity index is 1.76. The van der Waals surface area contributed by atoms with E-state index in [-0.39, 0.29) is 5.56 Å². The molecule has 2 aromatic carbocycles. The summed E-state index contributed by atoms with van der Waals surface area (Å²) in [5.41, 5.74) is 5.13. The summed E-state index contributed by atoms with van der Waals surface area (Å²) < 4.78 is 3.74. The van der Waals surface area contributed by atoms with Crippen LogP contribution in [0.5, 0.6) is 0 Å². The molecule has 0 atom stereocenters. The average Bonchev–Trinajstić information content (AvgIpc) is 3.09. The predicted octanol–water partition coefficient (Wildman–Crippen LogP) is 4.40. The number of pyridine rings is 1. The molecule has 0 aliphatic rings. The highest BCUT2D eigenvalue weighted by Gasteiger charge is 2.15. The molecule has 5 rings (SSSR count). The number of rotatable bonds is 4. The van der Waals surface area contributed by atoms with Gasteiger partial charge >= 0.3 is 0 Å². The van der Waals surface area contributed by atoms with Gasteiger partial charge in [0.1, 0.15) is 0 Å². The van der Waals surface area contributed by atoms with Gasteiger partial charge in [0, 0.05) is 12.3 Å². The highest BCUT2D eigenvalue weighted by molar-refractivity contribution is 5.81. The minimum absolute atomic E-state index is 0.118. The summed E-state index contributed by atoms with van der Waals surface area (Å²) in [6.07, 6.45) is 3.53. The van der Waals surface area contributed by atoms with Crippen LogP contribution in [0.15, 0.2) is 90.4 Å². The van der Waals surface area contributed by atoms with Crippen molar-refractivity contribution in [2.75, 3.05) is 0 Å². The zero-order valence-corrected chi connectivity index (χ0v) is 15.7. The van der Waals surface area contributed by atoms with Crippen LogP contribution in [0.2, 0.25) is 0 Å². The summed E-state index contributed by atoms with van der Waals surface area (Å²) in [4.78, 5) is 22.2. The Kier molecular flexibility index (Phi) is 4.06. The first-order chi connectivity index (χ1) is 14.2. The Morgan fingerprint density at radius 1 is 0.897 bits per heavy atom. The van der Waals surface area contributed by atoms with E-state index in [1.54, 1.807) is 16.7 Å². The van der Waals surface area contributed by atoms with Crippen molar-refractivity contribution in [3.63, 3.8) is 0 Å². The van der Waals surface area contributed by atoms with Crippen LogP contribution in [0, 0.1) is 0 Å². The SMILES string of the molecule is C=Cc1ccc(Cn2c3ccccc3n3c(=O)cc(-c4ccccn4)nc23)cc1. The molecule has 0 spiro atoms. The zero-order chi connectivity index (χ0) is 19.8. The van der Waals surface area contributed by atoms with Crippen LogP contribution in [0.1, 0.15) is 11.1 Å². The molecule has 3 heterocycles. The molecule has 0 bridgehead atoms. The van der Waals surface area contributed by atoms with Gasteiger partial charge in [0.15, 0.2) is 0 Å². The van der Waals surface area contributed by atoms with Gasteiger partial charge in [-0.15, -0.1) is 0 Å². The van der Waals surface area contributed by atoms with E-state index in [1.165, 1.54) is 0 Å². The lowest BCUT2D eigenvalue weighted by atomic mass is 10.1. The van der Waals surface area contributed by atoms with Crippen LogP contribution < -0.4 is 5.56 Å². The van der Waals surface area contributed by atoms with Gasteiger partial charge in [0.05, 0.1) is 29.0 Å². The maximum absolute atomic E-state index is 13.0. The molecule has 140 valence electrons. The van der Waals surface area contributed by atoms with Gasteiger partial charge in [-0.1, -0.05) is 55.1 Å². The number of hydrogen-bond donors (Lipinski definition) is 0. The van der Waals surface area contributed by atoms with E-state index in [9.17, 15) is 4.79 Å². The second kappa shape index (κ2) is 6.87. The van der Waals surface area contributed by atoms with Gasteiger partial charge in [0.25, 0.3) is 5.56 Å². The number of nitrogens with zero attached hydrogens (tertiary/aromatic N) is 4. The van der Waals surface area contributed by atoms with Gasteiger partial charge in [-0.2, -0.15) is 0 Å². The van der Waals surface area contributed by atoms with Crippen LogP contribution in [-0.2, 0) is 6.54 Å². The predicted molar refractivity (Wildman–Crippen MR) is 116 cm³/mol. The first-order valence-electron chi connectivity index (χ1n) is 9.38. The van der Waals surface area contributed by atoms with Crippen LogP contribution in [0.3, 0.4) is 0 Å². The summed E-state index contributed by atoms with van der Waals surface area (Å²) in [7, 11) is 0. The van der Waals surface area contributed by atoms with E-state index in [4.69, 9.17) is 4.98 Å². The third-order valence-electron chi connectivity index (χ3n) is 5.04. The lowest BCUT2D eigenvalue weighted by molar-refractivity contribution is 0.833. The minimum atomic E-state index is -0.118. The molecular weight excluding hydrogens is 360 g/mol. The van der Waals surface area contributed by atoms with Crippen molar-refractivity contribution in [3.05, 3.63) is 107 Å². The number of imidazole rings is 1. The molecule has 0 unspecified atom stereocenters. The summed E-state index contributed by atoms with van der Waals surface area (Å²) in [6.45, 7) is 4.41. The van der Waals surface area contributed by atoms with Gasteiger partial charge < -0.3 is 4.57 Å². The smallest absolute Gasteiger partial charge is 0.260 e. The van der Waals surface area contributed by atoms with Crippen molar-refractivity contribution in [1.82, 2.24) is 18.9 Å². The summed E-state index contributed by atoms with van der Waals surface area (Å²) >= 11 is 0. The molecular formula is C24H18N4O. The fraction of sp³-hybridized carbons (Fsp3) is 0.0417. The monoisotopic (exact) mass is 378 g/mol. The lowest BCUT2D eigenvalue weighted by Gasteiger charge is -2.08. The topological polar surface area (TPSA) is 52.2 Å². The molecule has 5 aromatic rings. The van der Waals surface area contributed by atoms with E-state index in [0.717, 1.165) is 22.2 Å². The van der Waals surface area contributed by atoms with E-state index in [1.807, 2.05) is 60.7 Å². The average molecular weight is 378 g/mol. The molecule has 0 radical (unpaired) electrons. The number of hydrogen-bond acceptors (Lipinski definition) is 3. The highest BCUT2D eigenvalue weighted by atomic mass is 16.1. The van der Waals surface area contributed by atoms with Crippen molar-refractivity contribution in [1.29, 1.82) is 0 Å².